The average molecular weight is 437 g/mol. The highest BCUT2D eigenvalue weighted by molar-refractivity contribution is 6.74. The van der Waals surface area contributed by atoms with Gasteiger partial charge in [0.25, 0.3) is 8.32 Å². The van der Waals surface area contributed by atoms with Gasteiger partial charge >= 0.3 is 0 Å². The first kappa shape index (κ1) is 27.0. The summed E-state index contributed by atoms with van der Waals surface area (Å²) >= 11 is 0. The number of hydrogen-bond acceptors (Lipinski definition) is 3. The zero-order valence-electron chi connectivity index (χ0n) is 22.1. The Labute approximate surface area is 188 Å². The van der Waals surface area contributed by atoms with Gasteiger partial charge in [-0.1, -0.05) is 41.0 Å². The van der Waals surface area contributed by atoms with Gasteiger partial charge in [0.2, 0.25) is 0 Å². The fraction of sp³-hybridized carbons (Fsp3) is 0.769. The second-order valence-electron chi connectivity index (χ2n) is 11.2. The van der Waals surface area contributed by atoms with Crippen molar-refractivity contribution >= 4 is 8.32 Å². The molecule has 0 saturated carbocycles. The molecule has 0 N–H and O–H groups in total. The third kappa shape index (κ3) is 6.75. The van der Waals surface area contributed by atoms with Gasteiger partial charge in [-0.3, -0.25) is 0 Å². The van der Waals surface area contributed by atoms with Gasteiger partial charge in [0, 0.05) is 12.0 Å². The van der Waals surface area contributed by atoms with Gasteiger partial charge in [-0.05, 0) is 89.2 Å². The van der Waals surface area contributed by atoms with Gasteiger partial charge in [-0.25, -0.2) is 0 Å². The zero-order valence-corrected chi connectivity index (χ0v) is 23.1. The number of rotatable bonds is 9. The lowest BCUT2D eigenvalue weighted by molar-refractivity contribution is -0.152. The summed E-state index contributed by atoms with van der Waals surface area (Å²) < 4.78 is 19.6. The molecule has 0 aliphatic carbocycles. The van der Waals surface area contributed by atoms with Crippen molar-refractivity contribution in [3.8, 4) is 11.5 Å². The fourth-order valence-electron chi connectivity index (χ4n) is 3.25. The summed E-state index contributed by atoms with van der Waals surface area (Å²) in [7, 11) is -1.94. The molecule has 0 bridgehead atoms. The Morgan fingerprint density at radius 2 is 1.37 bits per heavy atom. The molecule has 1 aromatic carbocycles. The molecule has 3 nitrogen and oxygen atoms in total. The zero-order chi connectivity index (χ0) is 23.5. The molecule has 0 radical (unpaired) electrons. The molecule has 1 unspecified atom stereocenters. The standard InChI is InChI=1S/C26H48O3Si/c1-14-16-17-21-20(5)23(29-30(12,13)26(9,10)11)18(3)19(4)24(21)27-22(15-2)28-25(6,7)8/h22H,14-17H2,1-13H3. The van der Waals surface area contributed by atoms with E-state index in [9.17, 15) is 0 Å². The van der Waals surface area contributed by atoms with Gasteiger partial charge < -0.3 is 13.9 Å². The van der Waals surface area contributed by atoms with E-state index in [1.54, 1.807) is 0 Å². The van der Waals surface area contributed by atoms with Crippen molar-refractivity contribution < 1.29 is 13.9 Å². The van der Waals surface area contributed by atoms with Gasteiger partial charge in [0.1, 0.15) is 11.5 Å². The summed E-state index contributed by atoms with van der Waals surface area (Å²) in [5.41, 5.74) is 4.64. The highest BCUT2D eigenvalue weighted by atomic mass is 28.4. The SMILES string of the molecule is CCCCc1c(C)c(O[Si](C)(C)C(C)(C)C)c(C)c(C)c1OC(CC)OC(C)(C)C. The smallest absolute Gasteiger partial charge is 0.250 e. The van der Waals surface area contributed by atoms with Crippen LogP contribution in [-0.2, 0) is 11.2 Å². The van der Waals surface area contributed by atoms with Crippen molar-refractivity contribution in [1.82, 2.24) is 0 Å². The van der Waals surface area contributed by atoms with E-state index < -0.39 is 8.32 Å². The van der Waals surface area contributed by atoms with Crippen molar-refractivity contribution in [3.05, 3.63) is 22.3 Å². The largest absolute Gasteiger partial charge is 0.543 e. The Kier molecular flexibility index (Phi) is 9.08. The average Bonchev–Trinajstić information content (AvgIpc) is 2.60. The molecule has 0 saturated heterocycles. The van der Waals surface area contributed by atoms with Gasteiger partial charge in [-0.2, -0.15) is 0 Å². The maximum atomic E-state index is 6.85. The fourth-order valence-corrected chi connectivity index (χ4v) is 4.37. The normalized spacial score (nSPS) is 14.0. The Morgan fingerprint density at radius 1 is 0.833 bits per heavy atom. The summed E-state index contributed by atoms with van der Waals surface area (Å²) in [6.07, 6.45) is 3.84. The second-order valence-corrected chi connectivity index (χ2v) is 15.9. The number of ether oxygens (including phenoxy) is 2. The second kappa shape index (κ2) is 10.1. The first-order chi connectivity index (χ1) is 13.6. The van der Waals surface area contributed by atoms with Crippen molar-refractivity contribution in [2.45, 2.75) is 132 Å². The van der Waals surface area contributed by atoms with Crippen LogP contribution in [0.3, 0.4) is 0 Å². The minimum atomic E-state index is -1.94. The summed E-state index contributed by atoms with van der Waals surface area (Å²) in [6.45, 7) is 28.7. The molecule has 0 spiro atoms. The lowest BCUT2D eigenvalue weighted by Gasteiger charge is -2.38. The molecule has 1 aromatic rings. The molecule has 30 heavy (non-hydrogen) atoms. The molecule has 0 aliphatic rings. The quantitative estimate of drug-likeness (QED) is 0.288. The third-order valence-corrected chi connectivity index (χ3v) is 10.6. The van der Waals surface area contributed by atoms with Crippen LogP contribution in [0.2, 0.25) is 18.1 Å². The lowest BCUT2D eigenvalue weighted by Crippen LogP contribution is -2.44. The minimum Gasteiger partial charge on any atom is -0.543 e. The molecular formula is C26H48O3Si. The predicted octanol–water partition coefficient (Wildman–Crippen LogP) is 8.27. The van der Waals surface area contributed by atoms with Crippen molar-refractivity contribution in [3.63, 3.8) is 0 Å². The first-order valence-electron chi connectivity index (χ1n) is 11.7. The Morgan fingerprint density at radius 3 is 1.80 bits per heavy atom. The van der Waals surface area contributed by atoms with E-state index in [2.05, 4.69) is 89.3 Å². The molecular weight excluding hydrogens is 388 g/mol. The molecule has 1 rings (SSSR count). The van der Waals surface area contributed by atoms with Gasteiger partial charge in [-0.15, -0.1) is 0 Å². The molecule has 174 valence electrons. The minimum absolute atomic E-state index is 0.159. The topological polar surface area (TPSA) is 27.7 Å². The van der Waals surface area contributed by atoms with E-state index in [1.165, 1.54) is 22.3 Å². The molecule has 0 fully saturated rings. The Bertz CT molecular complexity index is 709. The summed E-state index contributed by atoms with van der Waals surface area (Å²) in [5.74, 6) is 2.07. The maximum Gasteiger partial charge on any atom is 0.250 e. The Balaban J connectivity index is 3.53. The molecule has 4 heteroatoms. The predicted molar refractivity (Wildman–Crippen MR) is 133 cm³/mol. The van der Waals surface area contributed by atoms with E-state index in [0.29, 0.717) is 0 Å². The van der Waals surface area contributed by atoms with Crippen LogP contribution in [0.1, 0.15) is 96.9 Å². The van der Waals surface area contributed by atoms with E-state index in [1.807, 2.05) is 0 Å². The molecule has 0 aliphatic heterocycles. The van der Waals surface area contributed by atoms with Crippen LogP contribution in [0.5, 0.6) is 11.5 Å². The van der Waals surface area contributed by atoms with Crippen molar-refractivity contribution in [2.24, 2.45) is 0 Å². The number of benzene rings is 1. The molecule has 0 aromatic heterocycles. The van der Waals surface area contributed by atoms with Crippen molar-refractivity contribution in [1.29, 1.82) is 0 Å². The monoisotopic (exact) mass is 436 g/mol. The number of hydrogen-bond donors (Lipinski definition) is 0. The summed E-state index contributed by atoms with van der Waals surface area (Å²) in [5, 5.41) is 0.159. The third-order valence-electron chi connectivity index (χ3n) is 6.32. The number of unbranched alkanes of at least 4 members (excludes halogenated alkanes) is 1. The summed E-state index contributed by atoms with van der Waals surface area (Å²) in [4.78, 5) is 0. The van der Waals surface area contributed by atoms with Crippen LogP contribution in [0.15, 0.2) is 0 Å². The molecule has 0 heterocycles. The first-order valence-corrected chi connectivity index (χ1v) is 14.6. The van der Waals surface area contributed by atoms with Gasteiger partial charge in [0.05, 0.1) is 5.60 Å². The van der Waals surface area contributed by atoms with Crippen LogP contribution < -0.4 is 9.16 Å². The highest BCUT2D eigenvalue weighted by Gasteiger charge is 2.40. The maximum absolute atomic E-state index is 6.85. The van der Waals surface area contributed by atoms with Crippen LogP contribution >= 0.6 is 0 Å². The van der Waals surface area contributed by atoms with E-state index in [0.717, 1.165) is 37.2 Å². The van der Waals surface area contributed by atoms with Gasteiger partial charge in [0.15, 0.2) is 6.29 Å². The van der Waals surface area contributed by atoms with Crippen LogP contribution in [-0.4, -0.2) is 20.2 Å². The molecule has 1 atom stereocenters. The highest BCUT2D eigenvalue weighted by Crippen LogP contribution is 2.44. The van der Waals surface area contributed by atoms with E-state index in [4.69, 9.17) is 13.9 Å². The van der Waals surface area contributed by atoms with Crippen molar-refractivity contribution in [2.75, 3.05) is 0 Å². The van der Waals surface area contributed by atoms with Crippen LogP contribution in [0.25, 0.3) is 0 Å². The lowest BCUT2D eigenvalue weighted by atomic mass is 9.94. The van der Waals surface area contributed by atoms with E-state index in [-0.39, 0.29) is 16.9 Å². The van der Waals surface area contributed by atoms with Crippen LogP contribution in [0.4, 0.5) is 0 Å². The Hall–Kier alpha value is -1.00. The summed E-state index contributed by atoms with van der Waals surface area (Å²) in [6, 6.07) is 0. The van der Waals surface area contributed by atoms with E-state index >= 15 is 0 Å². The van der Waals surface area contributed by atoms with Crippen LogP contribution in [0, 0.1) is 20.8 Å². The molecule has 0 amide bonds.